The Labute approximate surface area is 115 Å². The van der Waals surface area contributed by atoms with Gasteiger partial charge in [0, 0.05) is 25.9 Å². The minimum atomic E-state index is -3.38. The Kier molecular flexibility index (Phi) is 5.34. The molecule has 2 N–H and O–H groups in total. The molecule has 0 unspecified atom stereocenters. The van der Waals surface area contributed by atoms with Crippen molar-refractivity contribution in [2.75, 3.05) is 25.5 Å². The molecule has 0 radical (unpaired) electrons. The molecular formula is C13H22N2O3S. The summed E-state index contributed by atoms with van der Waals surface area (Å²) < 4.78 is 31.3. The van der Waals surface area contributed by atoms with Gasteiger partial charge in [-0.15, -0.1) is 0 Å². The first-order valence-electron chi connectivity index (χ1n) is 6.19. The van der Waals surface area contributed by atoms with Gasteiger partial charge in [0.05, 0.1) is 10.5 Å². The lowest BCUT2D eigenvalue weighted by Crippen LogP contribution is -2.32. The smallest absolute Gasteiger partial charge is 0.240 e. The van der Waals surface area contributed by atoms with Crippen LogP contribution in [0.2, 0.25) is 0 Å². The van der Waals surface area contributed by atoms with E-state index in [2.05, 4.69) is 10.0 Å². The summed E-state index contributed by atoms with van der Waals surface area (Å²) in [7, 11) is -1.72. The van der Waals surface area contributed by atoms with Crippen molar-refractivity contribution in [3.8, 4) is 0 Å². The number of hydrogen-bond donors (Lipinski definition) is 2. The van der Waals surface area contributed by atoms with E-state index in [1.165, 1.54) is 0 Å². The van der Waals surface area contributed by atoms with Gasteiger partial charge >= 0.3 is 0 Å². The van der Waals surface area contributed by atoms with Crippen molar-refractivity contribution in [1.29, 1.82) is 0 Å². The van der Waals surface area contributed by atoms with Crippen LogP contribution in [0.15, 0.2) is 29.2 Å². The van der Waals surface area contributed by atoms with E-state index in [-0.39, 0.29) is 10.5 Å². The Balaban J connectivity index is 2.72. The van der Waals surface area contributed by atoms with Gasteiger partial charge in [0.2, 0.25) is 10.0 Å². The van der Waals surface area contributed by atoms with E-state index in [1.54, 1.807) is 38.3 Å². The van der Waals surface area contributed by atoms with Crippen molar-refractivity contribution < 1.29 is 13.2 Å². The van der Waals surface area contributed by atoms with E-state index in [4.69, 9.17) is 4.74 Å². The van der Waals surface area contributed by atoms with Gasteiger partial charge in [-0.25, -0.2) is 13.1 Å². The average Bonchev–Trinajstić information content (AvgIpc) is 2.37. The molecule has 0 aliphatic heterocycles. The molecule has 0 amide bonds. The van der Waals surface area contributed by atoms with Crippen LogP contribution in [0, 0.1) is 0 Å². The number of methoxy groups -OCH3 is 1. The van der Waals surface area contributed by atoms with Gasteiger partial charge in [-0.05, 0) is 38.1 Å². The molecule has 0 atom stereocenters. The van der Waals surface area contributed by atoms with Crippen LogP contribution < -0.4 is 10.0 Å². The summed E-state index contributed by atoms with van der Waals surface area (Å²) in [5, 5.41) is 3.21. The normalized spacial score (nSPS) is 12.4. The Morgan fingerprint density at radius 2 is 1.79 bits per heavy atom. The zero-order valence-electron chi connectivity index (χ0n) is 11.9. The van der Waals surface area contributed by atoms with Gasteiger partial charge in [0.1, 0.15) is 0 Å². The largest absolute Gasteiger partial charge is 0.382 e. The van der Waals surface area contributed by atoms with Crippen molar-refractivity contribution in [2.45, 2.75) is 31.3 Å². The molecule has 108 valence electrons. The van der Waals surface area contributed by atoms with E-state index >= 15 is 0 Å². The van der Waals surface area contributed by atoms with Crippen molar-refractivity contribution >= 4 is 15.7 Å². The van der Waals surface area contributed by atoms with Crippen LogP contribution in [0.5, 0.6) is 0 Å². The van der Waals surface area contributed by atoms with E-state index in [0.29, 0.717) is 13.1 Å². The molecule has 0 saturated heterocycles. The molecule has 0 bridgehead atoms. The Hall–Kier alpha value is -1.11. The third-order valence-electron chi connectivity index (χ3n) is 2.77. The predicted molar refractivity (Wildman–Crippen MR) is 76.9 cm³/mol. The van der Waals surface area contributed by atoms with Gasteiger partial charge in [0.25, 0.3) is 0 Å². The zero-order chi connectivity index (χ0) is 14.5. The number of benzene rings is 1. The fraction of sp³-hybridized carbons (Fsp3) is 0.538. The fourth-order valence-corrected chi connectivity index (χ4v) is 2.45. The molecule has 0 aliphatic carbocycles. The average molecular weight is 286 g/mol. The Morgan fingerprint density at radius 1 is 1.21 bits per heavy atom. The third-order valence-corrected chi connectivity index (χ3v) is 4.33. The highest BCUT2D eigenvalue weighted by Gasteiger charge is 2.16. The number of hydrogen-bond acceptors (Lipinski definition) is 4. The predicted octanol–water partition coefficient (Wildman–Crippen LogP) is 1.82. The lowest BCUT2D eigenvalue weighted by Gasteiger charge is -2.23. The van der Waals surface area contributed by atoms with Crippen molar-refractivity contribution in [3.05, 3.63) is 24.3 Å². The maximum absolute atomic E-state index is 11.8. The number of rotatable bonds is 7. The highest BCUT2D eigenvalue weighted by molar-refractivity contribution is 7.89. The van der Waals surface area contributed by atoms with Gasteiger partial charge in [0.15, 0.2) is 0 Å². The summed E-state index contributed by atoms with van der Waals surface area (Å²) in [6.07, 6.45) is 0. The summed E-state index contributed by atoms with van der Waals surface area (Å²) in [5.41, 5.74) is 0.592. The van der Waals surface area contributed by atoms with Gasteiger partial charge in [-0.3, -0.25) is 0 Å². The first-order valence-corrected chi connectivity index (χ1v) is 7.68. The minimum Gasteiger partial charge on any atom is -0.382 e. The molecule has 1 aromatic carbocycles. The number of nitrogens with one attached hydrogen (secondary N) is 2. The molecule has 0 heterocycles. The van der Waals surface area contributed by atoms with Crippen molar-refractivity contribution in [3.63, 3.8) is 0 Å². The zero-order valence-corrected chi connectivity index (χ0v) is 12.7. The van der Waals surface area contributed by atoms with Crippen LogP contribution in [0.4, 0.5) is 5.69 Å². The van der Waals surface area contributed by atoms with E-state index in [9.17, 15) is 8.42 Å². The highest BCUT2D eigenvalue weighted by atomic mass is 32.2. The third kappa shape index (κ3) is 4.81. The standard InChI is InChI=1S/C13H22N2O3S/c1-5-15-19(16,17)12-8-6-11(7-9-12)14-10-13(2,3)18-4/h6-9,14-15H,5,10H2,1-4H3. The summed E-state index contributed by atoms with van der Waals surface area (Å²) in [6, 6.07) is 6.66. The number of ether oxygens (including phenoxy) is 1. The second-order valence-corrected chi connectivity index (χ2v) is 6.61. The second kappa shape index (κ2) is 6.36. The van der Waals surface area contributed by atoms with Gasteiger partial charge < -0.3 is 10.1 Å². The molecule has 0 spiro atoms. The monoisotopic (exact) mass is 286 g/mol. The number of anilines is 1. The van der Waals surface area contributed by atoms with Crippen LogP contribution >= 0.6 is 0 Å². The summed E-state index contributed by atoms with van der Waals surface area (Å²) in [5.74, 6) is 0. The van der Waals surface area contributed by atoms with Crippen molar-refractivity contribution in [1.82, 2.24) is 4.72 Å². The molecule has 1 rings (SSSR count). The maximum Gasteiger partial charge on any atom is 0.240 e. The van der Waals surface area contributed by atoms with E-state index in [0.717, 1.165) is 5.69 Å². The SMILES string of the molecule is CCNS(=O)(=O)c1ccc(NCC(C)(C)OC)cc1. The van der Waals surface area contributed by atoms with Gasteiger partial charge in [-0.2, -0.15) is 0 Å². The summed E-state index contributed by atoms with van der Waals surface area (Å²) >= 11 is 0. The van der Waals surface area contributed by atoms with Crippen LogP contribution in [0.3, 0.4) is 0 Å². The first kappa shape index (κ1) is 15.9. The molecule has 0 aromatic heterocycles. The Morgan fingerprint density at radius 3 is 2.26 bits per heavy atom. The highest BCUT2D eigenvalue weighted by Crippen LogP contribution is 2.15. The fourth-order valence-electron chi connectivity index (χ4n) is 1.41. The van der Waals surface area contributed by atoms with E-state index in [1.807, 2.05) is 13.8 Å². The van der Waals surface area contributed by atoms with Crippen molar-refractivity contribution in [2.24, 2.45) is 0 Å². The molecule has 0 fully saturated rings. The lowest BCUT2D eigenvalue weighted by molar-refractivity contribution is 0.0344. The first-order chi connectivity index (χ1) is 8.80. The second-order valence-electron chi connectivity index (χ2n) is 4.84. The molecule has 5 nitrogen and oxygen atoms in total. The molecular weight excluding hydrogens is 264 g/mol. The lowest BCUT2D eigenvalue weighted by atomic mass is 10.1. The summed E-state index contributed by atoms with van der Waals surface area (Å²) in [4.78, 5) is 0.269. The van der Waals surface area contributed by atoms with E-state index < -0.39 is 10.0 Å². The number of sulfonamides is 1. The summed E-state index contributed by atoms with van der Waals surface area (Å²) in [6.45, 7) is 6.72. The Bertz CT molecular complexity index is 495. The molecule has 6 heteroatoms. The van der Waals surface area contributed by atoms with Crippen LogP contribution in [-0.4, -0.2) is 34.2 Å². The topological polar surface area (TPSA) is 67.4 Å². The maximum atomic E-state index is 11.8. The van der Waals surface area contributed by atoms with Crippen LogP contribution in [0.1, 0.15) is 20.8 Å². The van der Waals surface area contributed by atoms with Gasteiger partial charge in [-0.1, -0.05) is 6.92 Å². The van der Waals surface area contributed by atoms with Crippen LogP contribution in [0.25, 0.3) is 0 Å². The molecule has 0 saturated carbocycles. The van der Waals surface area contributed by atoms with Crippen LogP contribution in [-0.2, 0) is 14.8 Å². The molecule has 19 heavy (non-hydrogen) atoms. The quantitative estimate of drug-likeness (QED) is 0.802. The minimum absolute atomic E-state index is 0.269. The molecule has 0 aliphatic rings. The molecule has 1 aromatic rings.